The quantitative estimate of drug-likeness (QED) is 0.924. The minimum Gasteiger partial charge on any atom is -0.347 e. The largest absolute Gasteiger partial charge is 0.347 e. The summed E-state index contributed by atoms with van der Waals surface area (Å²) in [6.45, 7) is 2.01. The first-order valence-electron chi connectivity index (χ1n) is 5.82. The molecule has 0 radical (unpaired) electrons. The smallest absolute Gasteiger partial charge is 0.268 e. The van der Waals surface area contributed by atoms with Gasteiger partial charge in [0.1, 0.15) is 11.5 Å². The zero-order valence-electron chi connectivity index (χ0n) is 10.7. The number of halogens is 2. The Hall–Kier alpha value is -1.62. The first-order valence-corrected chi connectivity index (χ1v) is 6.62. The number of nitrogens with zero attached hydrogens (tertiary/aromatic N) is 1. The lowest BCUT2D eigenvalue weighted by molar-refractivity contribution is 0.0942. The summed E-state index contributed by atoms with van der Waals surface area (Å²) in [5, 5.41) is 2.77. The van der Waals surface area contributed by atoms with Crippen LogP contribution in [-0.4, -0.2) is 10.5 Å². The topological polar surface area (TPSA) is 34.0 Å². The van der Waals surface area contributed by atoms with Gasteiger partial charge in [-0.05, 0) is 46.1 Å². The van der Waals surface area contributed by atoms with Gasteiger partial charge in [-0.25, -0.2) is 4.39 Å². The van der Waals surface area contributed by atoms with Crippen LogP contribution in [0.2, 0.25) is 0 Å². The van der Waals surface area contributed by atoms with Crippen LogP contribution in [0.1, 0.15) is 21.6 Å². The highest BCUT2D eigenvalue weighted by Crippen LogP contribution is 2.14. The van der Waals surface area contributed by atoms with E-state index in [1.54, 1.807) is 42.9 Å². The molecule has 0 saturated heterocycles. The van der Waals surface area contributed by atoms with Crippen molar-refractivity contribution in [1.29, 1.82) is 0 Å². The number of rotatable bonds is 3. The van der Waals surface area contributed by atoms with Gasteiger partial charge < -0.3 is 9.88 Å². The molecule has 5 heteroatoms. The van der Waals surface area contributed by atoms with Crippen LogP contribution in [0.4, 0.5) is 4.39 Å². The Morgan fingerprint density at radius 3 is 2.74 bits per heavy atom. The van der Waals surface area contributed by atoms with Crippen LogP contribution in [0.5, 0.6) is 0 Å². The molecule has 2 rings (SSSR count). The van der Waals surface area contributed by atoms with E-state index >= 15 is 0 Å². The van der Waals surface area contributed by atoms with Gasteiger partial charge in [0.2, 0.25) is 0 Å². The molecule has 1 heterocycles. The molecule has 100 valence electrons. The molecule has 0 atom stereocenters. The number of aryl methyl sites for hydroxylation is 2. The van der Waals surface area contributed by atoms with Crippen molar-refractivity contribution in [1.82, 2.24) is 9.88 Å². The fraction of sp³-hybridized carbons (Fsp3) is 0.214. The van der Waals surface area contributed by atoms with E-state index in [4.69, 9.17) is 0 Å². The molecule has 19 heavy (non-hydrogen) atoms. The Bertz CT molecular complexity index is 622. The third kappa shape index (κ3) is 3.23. The van der Waals surface area contributed by atoms with E-state index in [0.717, 1.165) is 10.0 Å². The first kappa shape index (κ1) is 13.8. The van der Waals surface area contributed by atoms with Gasteiger partial charge >= 0.3 is 0 Å². The van der Waals surface area contributed by atoms with E-state index in [9.17, 15) is 9.18 Å². The van der Waals surface area contributed by atoms with Crippen LogP contribution in [0.25, 0.3) is 0 Å². The molecule has 0 saturated carbocycles. The van der Waals surface area contributed by atoms with Gasteiger partial charge in [-0.3, -0.25) is 4.79 Å². The third-order valence-electron chi connectivity index (χ3n) is 2.89. The van der Waals surface area contributed by atoms with Crippen molar-refractivity contribution in [2.75, 3.05) is 0 Å². The molecular weight excluding hydrogens is 311 g/mol. The van der Waals surface area contributed by atoms with E-state index < -0.39 is 0 Å². The third-order valence-corrected chi connectivity index (χ3v) is 3.33. The average molecular weight is 325 g/mol. The molecule has 0 unspecified atom stereocenters. The van der Waals surface area contributed by atoms with Crippen LogP contribution >= 0.6 is 15.9 Å². The SMILES string of the molecule is Cc1ccc(CNC(=O)c2cc(Br)cn2C)cc1F. The number of hydrogen-bond donors (Lipinski definition) is 1. The average Bonchev–Trinajstić information content (AvgIpc) is 2.70. The molecule has 0 bridgehead atoms. The molecule has 0 spiro atoms. The van der Waals surface area contributed by atoms with Gasteiger partial charge in [-0.2, -0.15) is 0 Å². The Labute approximate surface area is 119 Å². The molecule has 1 aromatic heterocycles. The van der Waals surface area contributed by atoms with Crippen molar-refractivity contribution in [2.45, 2.75) is 13.5 Å². The number of benzene rings is 1. The maximum Gasteiger partial charge on any atom is 0.268 e. The lowest BCUT2D eigenvalue weighted by Gasteiger charge is -2.07. The van der Waals surface area contributed by atoms with Crippen molar-refractivity contribution in [2.24, 2.45) is 7.05 Å². The van der Waals surface area contributed by atoms with Gasteiger partial charge in [-0.1, -0.05) is 12.1 Å². The summed E-state index contributed by atoms with van der Waals surface area (Å²) in [5.41, 5.74) is 1.89. The summed E-state index contributed by atoms with van der Waals surface area (Å²) < 4.78 is 16.0. The van der Waals surface area contributed by atoms with Crippen LogP contribution in [0, 0.1) is 12.7 Å². The second kappa shape index (κ2) is 5.57. The summed E-state index contributed by atoms with van der Waals surface area (Å²) in [7, 11) is 1.80. The molecule has 1 N–H and O–H groups in total. The van der Waals surface area contributed by atoms with Crippen molar-refractivity contribution < 1.29 is 9.18 Å². The predicted molar refractivity (Wildman–Crippen MR) is 75.4 cm³/mol. The highest BCUT2D eigenvalue weighted by Gasteiger charge is 2.10. The highest BCUT2D eigenvalue weighted by atomic mass is 79.9. The summed E-state index contributed by atoms with van der Waals surface area (Å²) >= 11 is 3.31. The molecule has 0 fully saturated rings. The Morgan fingerprint density at radius 1 is 1.42 bits per heavy atom. The Morgan fingerprint density at radius 2 is 2.16 bits per heavy atom. The fourth-order valence-electron chi connectivity index (χ4n) is 1.77. The van der Waals surface area contributed by atoms with E-state index in [1.807, 2.05) is 0 Å². The van der Waals surface area contributed by atoms with Crippen LogP contribution < -0.4 is 5.32 Å². The summed E-state index contributed by atoms with van der Waals surface area (Å²) in [6, 6.07) is 6.69. The molecule has 2 aromatic rings. The zero-order valence-corrected chi connectivity index (χ0v) is 12.3. The highest BCUT2D eigenvalue weighted by molar-refractivity contribution is 9.10. The number of carbonyl (C=O) groups excluding carboxylic acids is 1. The predicted octanol–water partition coefficient (Wildman–Crippen LogP) is 3.17. The summed E-state index contributed by atoms with van der Waals surface area (Å²) in [6.07, 6.45) is 1.81. The van der Waals surface area contributed by atoms with Crippen molar-refractivity contribution in [3.63, 3.8) is 0 Å². The molecule has 1 amide bonds. The van der Waals surface area contributed by atoms with E-state index in [-0.39, 0.29) is 11.7 Å². The second-order valence-corrected chi connectivity index (χ2v) is 5.34. The summed E-state index contributed by atoms with van der Waals surface area (Å²) in [4.78, 5) is 12.0. The van der Waals surface area contributed by atoms with Gasteiger partial charge in [-0.15, -0.1) is 0 Å². The normalized spacial score (nSPS) is 10.5. The lowest BCUT2D eigenvalue weighted by Crippen LogP contribution is -2.24. The number of carbonyl (C=O) groups is 1. The van der Waals surface area contributed by atoms with Gasteiger partial charge in [0.05, 0.1) is 0 Å². The van der Waals surface area contributed by atoms with Crippen molar-refractivity contribution >= 4 is 21.8 Å². The monoisotopic (exact) mass is 324 g/mol. The van der Waals surface area contributed by atoms with Crippen molar-refractivity contribution in [3.05, 3.63) is 57.6 Å². The molecule has 1 aromatic carbocycles. The Balaban J connectivity index is 2.04. The van der Waals surface area contributed by atoms with Crippen LogP contribution in [-0.2, 0) is 13.6 Å². The number of nitrogens with one attached hydrogen (secondary N) is 1. The van der Waals surface area contributed by atoms with E-state index in [0.29, 0.717) is 17.8 Å². The number of aromatic nitrogens is 1. The molecule has 0 aliphatic carbocycles. The van der Waals surface area contributed by atoms with Crippen molar-refractivity contribution in [3.8, 4) is 0 Å². The zero-order chi connectivity index (χ0) is 14.0. The first-order chi connectivity index (χ1) is 8.97. The molecule has 0 aliphatic rings. The maximum absolute atomic E-state index is 13.4. The van der Waals surface area contributed by atoms with Gasteiger partial charge in [0, 0.05) is 24.3 Å². The van der Waals surface area contributed by atoms with Gasteiger partial charge in [0.15, 0.2) is 0 Å². The van der Waals surface area contributed by atoms with Crippen LogP contribution in [0.3, 0.4) is 0 Å². The minimum atomic E-state index is -0.256. The minimum absolute atomic E-state index is 0.186. The molecular formula is C14H14BrFN2O. The lowest BCUT2D eigenvalue weighted by atomic mass is 10.1. The second-order valence-electron chi connectivity index (χ2n) is 4.42. The fourth-order valence-corrected chi connectivity index (χ4v) is 2.29. The number of amides is 1. The molecule has 3 nitrogen and oxygen atoms in total. The molecule has 0 aliphatic heterocycles. The van der Waals surface area contributed by atoms with Crippen LogP contribution in [0.15, 0.2) is 34.9 Å². The standard InChI is InChI=1S/C14H14BrFN2O/c1-9-3-4-10(5-12(9)16)7-17-14(19)13-6-11(15)8-18(13)2/h3-6,8H,7H2,1-2H3,(H,17,19). The van der Waals surface area contributed by atoms with E-state index in [2.05, 4.69) is 21.2 Å². The van der Waals surface area contributed by atoms with Gasteiger partial charge in [0.25, 0.3) is 5.91 Å². The summed E-state index contributed by atoms with van der Waals surface area (Å²) in [5.74, 6) is -0.442. The Kier molecular flexibility index (Phi) is 4.04. The number of hydrogen-bond acceptors (Lipinski definition) is 1. The maximum atomic E-state index is 13.4. The van der Waals surface area contributed by atoms with E-state index in [1.165, 1.54) is 6.07 Å².